The van der Waals surface area contributed by atoms with Crippen molar-refractivity contribution < 1.29 is 1.37 Å². The average molecular weight is 142 g/mol. The maximum absolute atomic E-state index is 7.46. The summed E-state index contributed by atoms with van der Waals surface area (Å²) in [4.78, 5) is 4.12. The number of nitrogens with zero attached hydrogens (tertiary/aromatic N) is 1. The van der Waals surface area contributed by atoms with Crippen molar-refractivity contribution in [1.29, 1.82) is 0 Å². The smallest absolute Gasteiger partial charge is 0.0794 e. The summed E-state index contributed by atoms with van der Waals surface area (Å²) in [5.41, 5.74) is 2.65. The van der Waals surface area contributed by atoms with Gasteiger partial charge in [-0.05, 0) is 0 Å². The molecular formula is C7H11NS. The first kappa shape index (κ1) is 5.42. The highest BCUT2D eigenvalue weighted by atomic mass is 32.1. The molecule has 0 aromatic carbocycles. The van der Waals surface area contributed by atoms with Gasteiger partial charge in [0.25, 0.3) is 0 Å². The van der Waals surface area contributed by atoms with Gasteiger partial charge in [-0.25, -0.2) is 4.98 Å². The van der Waals surface area contributed by atoms with Gasteiger partial charge in [0.1, 0.15) is 0 Å². The summed E-state index contributed by atoms with van der Waals surface area (Å²) >= 11 is 1.39. The molecule has 1 aromatic rings. The minimum atomic E-state index is 0.0249. The van der Waals surface area contributed by atoms with Crippen molar-refractivity contribution in [2.75, 3.05) is 0 Å². The molecule has 1 rings (SSSR count). The van der Waals surface area contributed by atoms with Crippen molar-refractivity contribution in [3.05, 3.63) is 16.6 Å². The van der Waals surface area contributed by atoms with E-state index >= 15 is 0 Å². The van der Waals surface area contributed by atoms with Crippen LogP contribution in [0.25, 0.3) is 0 Å². The van der Waals surface area contributed by atoms with Gasteiger partial charge in [0.2, 0.25) is 0 Å². The van der Waals surface area contributed by atoms with Crippen LogP contribution in [0, 0.1) is 0 Å². The molecule has 1 heterocycles. The zero-order valence-corrected chi connectivity index (χ0v) is 6.75. The molecule has 9 heavy (non-hydrogen) atoms. The van der Waals surface area contributed by atoms with Crippen LogP contribution in [0.3, 0.4) is 0 Å². The molecule has 0 N–H and O–H groups in total. The van der Waals surface area contributed by atoms with Crippen molar-refractivity contribution in [1.82, 2.24) is 4.98 Å². The van der Waals surface area contributed by atoms with Gasteiger partial charge in [-0.1, -0.05) is 20.8 Å². The molecular weight excluding hydrogens is 130 g/mol. The first-order valence-corrected chi connectivity index (χ1v) is 3.80. The van der Waals surface area contributed by atoms with Crippen molar-refractivity contribution in [3.63, 3.8) is 0 Å². The number of aromatic nitrogens is 1. The summed E-state index contributed by atoms with van der Waals surface area (Å²) in [5.74, 6) is 0. The van der Waals surface area contributed by atoms with Crippen molar-refractivity contribution >= 4 is 11.3 Å². The van der Waals surface area contributed by atoms with Gasteiger partial charge in [0, 0.05) is 10.8 Å². The highest BCUT2D eigenvalue weighted by molar-refractivity contribution is 7.07. The zero-order valence-electron chi connectivity index (χ0n) is 6.93. The van der Waals surface area contributed by atoms with E-state index in [1.807, 2.05) is 0 Å². The molecule has 0 bridgehead atoms. The van der Waals surface area contributed by atoms with Crippen LogP contribution < -0.4 is 0 Å². The fourth-order valence-corrected chi connectivity index (χ4v) is 1.22. The van der Waals surface area contributed by atoms with Gasteiger partial charge in [0.05, 0.1) is 12.6 Å². The molecule has 0 aliphatic rings. The van der Waals surface area contributed by atoms with Crippen LogP contribution in [0.1, 0.15) is 27.8 Å². The minimum absolute atomic E-state index is 0.0249. The van der Waals surface area contributed by atoms with E-state index in [1.165, 1.54) is 11.3 Å². The van der Waals surface area contributed by atoms with Gasteiger partial charge < -0.3 is 0 Å². The number of thiazole rings is 1. The van der Waals surface area contributed by atoms with Gasteiger partial charge >= 0.3 is 0 Å². The van der Waals surface area contributed by atoms with E-state index in [0.29, 0.717) is 5.36 Å². The molecule has 0 spiro atoms. The lowest BCUT2D eigenvalue weighted by Crippen LogP contribution is -2.10. The highest BCUT2D eigenvalue weighted by Gasteiger charge is 2.14. The van der Waals surface area contributed by atoms with Crippen LogP contribution in [0.5, 0.6) is 0 Å². The summed E-state index contributed by atoms with van der Waals surface area (Å²) in [5, 5.41) is 0.590. The second-order valence-corrected chi connectivity index (χ2v) is 3.70. The Balaban J connectivity index is 3.05. The van der Waals surface area contributed by atoms with E-state index in [1.54, 1.807) is 5.51 Å². The van der Waals surface area contributed by atoms with Gasteiger partial charge in [0.15, 0.2) is 0 Å². The molecule has 50 valence electrons. The third-order valence-corrected chi connectivity index (χ3v) is 1.62. The van der Waals surface area contributed by atoms with Crippen LogP contribution in [0.4, 0.5) is 0 Å². The van der Waals surface area contributed by atoms with Crippen LogP contribution in [0.2, 0.25) is 0 Å². The van der Waals surface area contributed by atoms with Crippen LogP contribution in [-0.4, -0.2) is 4.98 Å². The Morgan fingerprint density at radius 2 is 2.33 bits per heavy atom. The lowest BCUT2D eigenvalue weighted by Gasteiger charge is -2.13. The molecule has 0 aliphatic heterocycles. The number of hydrogen-bond donors (Lipinski definition) is 0. The van der Waals surface area contributed by atoms with Crippen molar-refractivity contribution in [2.24, 2.45) is 0 Å². The van der Waals surface area contributed by atoms with Gasteiger partial charge in [-0.2, -0.15) is 0 Å². The number of hydrogen-bond acceptors (Lipinski definition) is 2. The van der Waals surface area contributed by atoms with Crippen LogP contribution in [-0.2, 0) is 5.41 Å². The molecule has 0 amide bonds. The Kier molecular flexibility index (Phi) is 1.27. The first-order chi connectivity index (χ1) is 4.52. The Hall–Kier alpha value is -0.370. The third-order valence-electron chi connectivity index (χ3n) is 1.10. The normalized spacial score (nSPS) is 13.4. The maximum Gasteiger partial charge on any atom is 0.0794 e. The van der Waals surface area contributed by atoms with E-state index < -0.39 is 0 Å². The molecule has 0 radical (unpaired) electrons. The van der Waals surface area contributed by atoms with E-state index in [-0.39, 0.29) is 5.41 Å². The van der Waals surface area contributed by atoms with Crippen molar-refractivity contribution in [2.45, 2.75) is 26.2 Å². The molecule has 0 fully saturated rings. The molecule has 1 nitrogen and oxygen atoms in total. The summed E-state index contributed by atoms with van der Waals surface area (Å²) in [6, 6.07) is 0. The first-order valence-electron chi connectivity index (χ1n) is 3.42. The fourth-order valence-electron chi connectivity index (χ4n) is 0.534. The second-order valence-electron chi connectivity index (χ2n) is 3.05. The average Bonchev–Trinajstić information content (AvgIpc) is 2.11. The van der Waals surface area contributed by atoms with Gasteiger partial charge in [-0.3, -0.25) is 0 Å². The Bertz CT molecular complexity index is 224. The summed E-state index contributed by atoms with van der Waals surface area (Å²) in [6.45, 7) is 6.21. The number of rotatable bonds is 0. The molecule has 0 unspecified atom stereocenters. The van der Waals surface area contributed by atoms with Gasteiger partial charge in [-0.15, -0.1) is 11.3 Å². The Morgan fingerprint density at radius 1 is 1.67 bits per heavy atom. The molecule has 0 saturated carbocycles. The fraction of sp³-hybridized carbons (Fsp3) is 0.571. The van der Waals surface area contributed by atoms with E-state index in [0.717, 1.165) is 5.69 Å². The topological polar surface area (TPSA) is 12.9 Å². The maximum atomic E-state index is 7.46. The molecule has 0 atom stereocenters. The zero-order chi connectivity index (χ0) is 7.78. The van der Waals surface area contributed by atoms with E-state index in [9.17, 15) is 0 Å². The summed E-state index contributed by atoms with van der Waals surface area (Å²) in [7, 11) is 0. The molecule has 1 aromatic heterocycles. The van der Waals surface area contributed by atoms with E-state index in [4.69, 9.17) is 1.37 Å². The predicted molar refractivity (Wildman–Crippen MR) is 40.8 cm³/mol. The van der Waals surface area contributed by atoms with Crippen molar-refractivity contribution in [3.8, 4) is 0 Å². The lowest BCUT2D eigenvalue weighted by molar-refractivity contribution is 0.573. The minimum Gasteiger partial charge on any atom is -0.249 e. The summed E-state index contributed by atoms with van der Waals surface area (Å²) < 4.78 is 7.46. The monoisotopic (exact) mass is 142 g/mol. The third kappa shape index (κ3) is 1.52. The quantitative estimate of drug-likeness (QED) is 0.542. The predicted octanol–water partition coefficient (Wildman–Crippen LogP) is 2.44. The lowest BCUT2D eigenvalue weighted by atomic mass is 9.93. The van der Waals surface area contributed by atoms with Crippen LogP contribution >= 0.6 is 11.3 Å². The van der Waals surface area contributed by atoms with Crippen LogP contribution in [0.15, 0.2) is 10.9 Å². The standard InChI is InChI=1S/C7H11NS/c1-7(2,3)6-4-9-5-8-6/h4-5H,1-3H3/i4D. The summed E-state index contributed by atoms with van der Waals surface area (Å²) in [6.07, 6.45) is 0. The molecule has 0 aliphatic carbocycles. The molecule has 2 heteroatoms. The molecule has 0 saturated heterocycles. The Labute approximate surface area is 61.2 Å². The SMILES string of the molecule is [2H]c1scnc1C(C)(C)C. The highest BCUT2D eigenvalue weighted by Crippen LogP contribution is 2.20. The Morgan fingerprint density at radius 3 is 2.56 bits per heavy atom. The second kappa shape index (κ2) is 2.10. The largest absolute Gasteiger partial charge is 0.249 e. The van der Waals surface area contributed by atoms with E-state index in [2.05, 4.69) is 25.8 Å².